The number of nitrogens with two attached hydrogens (primary N) is 1. The predicted octanol–water partition coefficient (Wildman–Crippen LogP) is 4.06. The first-order chi connectivity index (χ1) is 27.9. The van der Waals surface area contributed by atoms with Gasteiger partial charge in [0.1, 0.15) is 48.7 Å². The molecule has 3 fully saturated rings. The number of nitrogen functional groups attached to an aromatic ring is 1. The van der Waals surface area contributed by atoms with Crippen LogP contribution in [0.15, 0.2) is 55.6 Å². The Morgan fingerprint density at radius 3 is 2.07 bits per heavy atom. The van der Waals surface area contributed by atoms with Crippen LogP contribution in [0.1, 0.15) is 59.7 Å². The van der Waals surface area contributed by atoms with Gasteiger partial charge in [0, 0.05) is 0 Å². The van der Waals surface area contributed by atoms with Crippen molar-refractivity contribution in [3.8, 4) is 5.75 Å². The predicted molar refractivity (Wildman–Crippen MR) is 213 cm³/mol. The summed E-state index contributed by atoms with van der Waals surface area (Å²) in [5.74, 6) is 0.655. The fourth-order valence-corrected chi connectivity index (χ4v) is 7.67. The Morgan fingerprint density at radius 1 is 0.883 bits per heavy atom. The fourth-order valence-electron chi connectivity index (χ4n) is 5.87. The van der Waals surface area contributed by atoms with Gasteiger partial charge >= 0.3 is 21.5 Å². The fraction of sp³-hybridized carbons (Fsp3) is 0.514. The first-order valence-electron chi connectivity index (χ1n) is 18.1. The van der Waals surface area contributed by atoms with E-state index in [1.165, 1.54) is 32.4 Å². The van der Waals surface area contributed by atoms with E-state index in [1.807, 2.05) is 0 Å². The third kappa shape index (κ3) is 11.9. The summed E-state index contributed by atoms with van der Waals surface area (Å²) in [4.78, 5) is 54.7. The summed E-state index contributed by atoms with van der Waals surface area (Å²) in [6, 6.07) is 7.60. The number of ether oxygens (including phenoxy) is 5. The molecular formula is C35H50N10O13P2. The number of nitrogens with one attached hydrogen (secondary N) is 1. The Balaban J connectivity index is 0.000000253. The van der Waals surface area contributed by atoms with Crippen LogP contribution in [0.2, 0.25) is 0 Å². The molecule has 0 radical (unpaired) electrons. The van der Waals surface area contributed by atoms with Gasteiger partial charge in [-0.3, -0.25) is 23.0 Å². The molecular weight excluding hydrogens is 830 g/mol. The average Bonchev–Trinajstić information content (AvgIpc) is 3.62. The second-order valence-electron chi connectivity index (χ2n) is 13.2. The van der Waals surface area contributed by atoms with Crippen LogP contribution in [0.3, 0.4) is 0 Å². The van der Waals surface area contributed by atoms with E-state index in [0.29, 0.717) is 28.5 Å². The number of hydrogen-bond acceptors (Lipinski definition) is 18. The van der Waals surface area contributed by atoms with Crippen LogP contribution in [-0.2, 0) is 53.1 Å². The van der Waals surface area contributed by atoms with E-state index in [4.69, 9.17) is 48.3 Å². The molecule has 1 aromatic carbocycles. The minimum absolute atomic E-state index is 0. The molecule has 2 saturated heterocycles. The van der Waals surface area contributed by atoms with E-state index in [0.717, 1.165) is 17.6 Å². The smallest absolute Gasteiger partial charge is 0.465 e. The topological polar surface area (TPSA) is 291 Å². The van der Waals surface area contributed by atoms with Gasteiger partial charge in [0.05, 0.1) is 38.2 Å². The third-order valence-electron chi connectivity index (χ3n) is 8.81. The number of benzene rings is 1. The summed E-state index contributed by atoms with van der Waals surface area (Å²) in [6.45, 7) is 3.18. The van der Waals surface area contributed by atoms with Gasteiger partial charge < -0.3 is 43.7 Å². The minimum Gasteiger partial charge on any atom is -0.465 e. The maximum Gasteiger partial charge on any atom is 0.469 e. The molecule has 4 aromatic heterocycles. The van der Waals surface area contributed by atoms with Crippen LogP contribution in [0.5, 0.6) is 5.75 Å². The van der Waals surface area contributed by atoms with Crippen LogP contribution in [0.25, 0.3) is 22.3 Å². The molecule has 0 amide bonds. The molecule has 2 aliphatic heterocycles. The van der Waals surface area contributed by atoms with E-state index in [2.05, 4.69) is 39.5 Å². The van der Waals surface area contributed by atoms with Gasteiger partial charge in [-0.25, -0.2) is 39.0 Å². The Bertz CT molecular complexity index is 2280. The highest BCUT2D eigenvalue weighted by Gasteiger charge is 2.37. The first-order valence-corrected chi connectivity index (χ1v) is 21.2. The highest BCUT2D eigenvalue weighted by molar-refractivity contribution is 7.52. The largest absolute Gasteiger partial charge is 0.469 e. The van der Waals surface area contributed by atoms with E-state index in [1.54, 1.807) is 59.0 Å². The Labute approximate surface area is 345 Å². The van der Waals surface area contributed by atoms with Crippen LogP contribution in [0, 0.1) is 5.92 Å². The minimum atomic E-state index is -4.56. The highest BCUT2D eigenvalue weighted by atomic mass is 31.2. The number of carbonyl (C=O) groups is 1. The lowest BCUT2D eigenvalue weighted by Crippen LogP contribution is -2.35. The number of anilines is 1. The summed E-state index contributed by atoms with van der Waals surface area (Å²) in [5.41, 5.74) is 8.97. The number of nitrogens with zero attached hydrogens (tertiary/aromatic N) is 8. The Hall–Kier alpha value is -4.51. The Kier molecular flexibility index (Phi) is 15.8. The number of fused-ring (bicyclic) bond motifs is 2. The van der Waals surface area contributed by atoms with Gasteiger partial charge in [-0.2, -0.15) is 5.09 Å². The van der Waals surface area contributed by atoms with Gasteiger partial charge in [-0.1, -0.05) is 33.1 Å². The normalized spacial score (nSPS) is 21.6. The molecule has 25 heteroatoms. The summed E-state index contributed by atoms with van der Waals surface area (Å²) >= 11 is 0. The van der Waals surface area contributed by atoms with E-state index in [9.17, 15) is 13.9 Å². The number of phosphoric ester groups is 1. The number of phosphoric acid groups is 1. The summed E-state index contributed by atoms with van der Waals surface area (Å²) < 4.78 is 70.7. The van der Waals surface area contributed by atoms with Crippen molar-refractivity contribution in [3.63, 3.8) is 0 Å². The van der Waals surface area contributed by atoms with Crippen molar-refractivity contribution in [3.05, 3.63) is 61.3 Å². The molecule has 8 rings (SSSR count). The number of rotatable bonds is 16. The lowest BCUT2D eigenvalue weighted by molar-refractivity contribution is -0.144. The van der Waals surface area contributed by atoms with Gasteiger partial charge in [0.25, 0.3) is 0 Å². The zero-order chi connectivity index (χ0) is 40.9. The maximum absolute atomic E-state index is 13.6. The van der Waals surface area contributed by atoms with Crippen molar-refractivity contribution in [2.45, 2.75) is 79.0 Å². The molecule has 6 heterocycles. The van der Waals surface area contributed by atoms with Crippen molar-refractivity contribution in [1.29, 1.82) is 0 Å². The molecule has 0 unspecified atom stereocenters. The summed E-state index contributed by atoms with van der Waals surface area (Å²) in [5, 5.41) is 2.63. The Morgan fingerprint density at radius 2 is 1.47 bits per heavy atom. The monoisotopic (exact) mass is 880 g/mol. The maximum atomic E-state index is 13.6. The van der Waals surface area contributed by atoms with Crippen LogP contribution in [0.4, 0.5) is 5.82 Å². The first kappa shape index (κ1) is 46.6. The van der Waals surface area contributed by atoms with Crippen molar-refractivity contribution in [2.75, 3.05) is 38.8 Å². The molecule has 5 N–H and O–H groups in total. The number of aromatic nitrogens is 8. The van der Waals surface area contributed by atoms with E-state index < -0.39 is 52.6 Å². The number of imidazole rings is 2. The summed E-state index contributed by atoms with van der Waals surface area (Å²) in [7, 11) is -8.57. The van der Waals surface area contributed by atoms with E-state index in [-0.39, 0.29) is 53.7 Å². The molecule has 60 heavy (non-hydrogen) atoms. The molecule has 1 aliphatic carbocycles. The molecule has 3 aliphatic rings. The van der Waals surface area contributed by atoms with Crippen molar-refractivity contribution in [2.24, 2.45) is 5.92 Å². The molecule has 5 aromatic rings. The molecule has 0 bridgehead atoms. The van der Waals surface area contributed by atoms with Crippen molar-refractivity contribution < 1.29 is 61.0 Å². The molecule has 6 atom stereocenters. The SMILES string of the molecule is C.C.CCOC(=O)[C@H](C)N[P@](=O)(OC[C@@H]1OC[C@H](n2cnc3c(CC4CC4)ncnc32)O1)Oc1ccccc1.Nc1ncnc2c1ncn2[C@H]1CO[C@@H](COP(=O)(O)O)O1. The van der Waals surface area contributed by atoms with Gasteiger partial charge in [-0.05, 0) is 51.2 Å². The number of hydrogen-bond donors (Lipinski definition) is 4. The highest BCUT2D eigenvalue weighted by Crippen LogP contribution is 2.45. The second-order valence-corrected chi connectivity index (χ2v) is 16.1. The number of para-hydroxylation sites is 1. The molecule has 23 nitrogen and oxygen atoms in total. The molecule has 0 spiro atoms. The van der Waals surface area contributed by atoms with Crippen LogP contribution >= 0.6 is 15.6 Å². The van der Waals surface area contributed by atoms with Crippen molar-refractivity contribution in [1.82, 2.24) is 44.1 Å². The van der Waals surface area contributed by atoms with Crippen LogP contribution in [-0.4, -0.2) is 106 Å². The average molecular weight is 881 g/mol. The van der Waals surface area contributed by atoms with E-state index >= 15 is 0 Å². The zero-order valence-corrected chi connectivity index (χ0v) is 33.0. The molecule has 328 valence electrons. The van der Waals surface area contributed by atoms with Crippen LogP contribution < -0.4 is 15.3 Å². The van der Waals surface area contributed by atoms with Gasteiger partial charge in [0.15, 0.2) is 42.1 Å². The standard InChI is InChI=1S/C24H30N5O7P.C9H12N5O6P.2CH4/c1-3-32-24(30)16(2)28-37(31,36-18-7-5-4-6-8-18)34-13-21-33-12-20(35-21)29-15-27-22-19(11-17-9-10-17)25-14-26-23(22)29;10-8-7-9(12-3-11-8)14(4-13-7)5-1-18-6(20-5)2-19-21(15,16)17;;/h4-8,14-17,20-21H,3,9-13H2,1-2H3,(H,28,31);3-6H,1-2H2,(H2,10,11,12)(H2,15,16,17);2*1H4/t16-,20+,21+,37-;5-,6-;;/m01../s1. The number of carbonyl (C=O) groups excluding carboxylic acids is 1. The van der Waals surface area contributed by atoms with Crippen molar-refractivity contribution >= 4 is 49.7 Å². The molecule has 1 saturated carbocycles. The third-order valence-corrected chi connectivity index (χ3v) is 10.9. The second kappa shape index (κ2) is 20.4. The lowest BCUT2D eigenvalue weighted by Gasteiger charge is -2.23. The summed E-state index contributed by atoms with van der Waals surface area (Å²) in [6.07, 6.45) is 6.57. The quantitative estimate of drug-likeness (QED) is 0.0802. The number of esters is 1. The lowest BCUT2D eigenvalue weighted by atomic mass is 10.2. The van der Waals surface area contributed by atoms with Gasteiger partial charge in [0.2, 0.25) is 0 Å². The zero-order valence-electron chi connectivity index (χ0n) is 31.3. The van der Waals surface area contributed by atoms with Gasteiger partial charge in [-0.15, -0.1) is 0 Å².